The number of nitrogens with two attached hydrogens (primary N) is 1. The molecule has 1 amide bonds. The fourth-order valence-electron chi connectivity index (χ4n) is 5.25. The van der Waals surface area contributed by atoms with E-state index in [1.165, 1.54) is 0 Å². The number of carbonyl (C=O) groups excluding carboxylic acids is 1. The SMILES string of the molecule is CCC(COCCC1CCN(C(=O)c2ccc(OC)cc2)CC1)n1cnc2c(N)nc3ccccc3c21. The second kappa shape index (κ2) is 11.2. The van der Waals surface area contributed by atoms with E-state index in [1.54, 1.807) is 7.11 Å². The number of fused-ring (bicyclic) bond motifs is 3. The molecule has 1 aliphatic heterocycles. The number of anilines is 1. The second-order valence-corrected chi connectivity index (χ2v) is 9.75. The maximum atomic E-state index is 12.8. The number of pyridine rings is 1. The Labute approximate surface area is 217 Å². The molecule has 2 N–H and O–H groups in total. The molecule has 8 heteroatoms. The Hall–Kier alpha value is -3.65. The average Bonchev–Trinajstić information content (AvgIpc) is 3.39. The molecule has 1 saturated heterocycles. The monoisotopic (exact) mass is 501 g/mol. The van der Waals surface area contributed by atoms with E-state index >= 15 is 0 Å². The molecule has 0 radical (unpaired) electrons. The standard InChI is InChI=1S/C29H35N5O3/c1-3-22(34-19-31-26-27(34)24-6-4-5-7-25(24)32-28(26)30)18-37-17-14-20-12-15-33(16-13-20)29(35)21-8-10-23(36-2)11-9-21/h4-11,19-20,22H,3,12-18H2,1-2H3,(H2,30,32). The van der Waals surface area contributed by atoms with E-state index in [0.717, 1.165) is 66.5 Å². The maximum absolute atomic E-state index is 12.8. The molecule has 2 aromatic carbocycles. The molecule has 2 aromatic heterocycles. The number of aromatic nitrogens is 3. The molecule has 1 aliphatic rings. The highest BCUT2D eigenvalue weighted by Crippen LogP contribution is 2.30. The number of ether oxygens (including phenoxy) is 2. The quantitative estimate of drug-likeness (QED) is 0.321. The summed E-state index contributed by atoms with van der Waals surface area (Å²) in [5, 5.41) is 1.05. The van der Waals surface area contributed by atoms with Gasteiger partial charge in [0.1, 0.15) is 11.3 Å². The summed E-state index contributed by atoms with van der Waals surface area (Å²) in [6, 6.07) is 15.6. The first-order valence-electron chi connectivity index (χ1n) is 13.1. The zero-order valence-corrected chi connectivity index (χ0v) is 21.6. The lowest BCUT2D eigenvalue weighted by atomic mass is 9.93. The van der Waals surface area contributed by atoms with Crippen molar-refractivity contribution >= 4 is 33.7 Å². The smallest absolute Gasteiger partial charge is 0.253 e. The van der Waals surface area contributed by atoms with Gasteiger partial charge < -0.3 is 24.7 Å². The molecule has 0 aliphatic carbocycles. The number of rotatable bonds is 9. The van der Waals surface area contributed by atoms with Crippen LogP contribution < -0.4 is 10.5 Å². The lowest BCUT2D eigenvalue weighted by molar-refractivity contribution is 0.0620. The minimum Gasteiger partial charge on any atom is -0.497 e. The van der Waals surface area contributed by atoms with E-state index < -0.39 is 0 Å². The van der Waals surface area contributed by atoms with Crippen molar-refractivity contribution < 1.29 is 14.3 Å². The third kappa shape index (κ3) is 5.25. The summed E-state index contributed by atoms with van der Waals surface area (Å²) in [6.07, 6.45) is 5.81. The maximum Gasteiger partial charge on any atom is 0.253 e. The molecule has 1 fully saturated rings. The van der Waals surface area contributed by atoms with Crippen LogP contribution in [-0.4, -0.2) is 58.8 Å². The van der Waals surface area contributed by atoms with Crippen LogP contribution in [0, 0.1) is 5.92 Å². The molecule has 4 aromatic rings. The van der Waals surface area contributed by atoms with Gasteiger partial charge in [0.15, 0.2) is 5.82 Å². The number of nitrogens with zero attached hydrogens (tertiary/aromatic N) is 4. The van der Waals surface area contributed by atoms with Gasteiger partial charge in [-0.15, -0.1) is 0 Å². The Balaban J connectivity index is 1.13. The van der Waals surface area contributed by atoms with Gasteiger partial charge in [0.05, 0.1) is 37.1 Å². The minimum atomic E-state index is 0.0964. The topological polar surface area (TPSA) is 95.5 Å². The first-order chi connectivity index (χ1) is 18.1. The van der Waals surface area contributed by atoms with Crippen molar-refractivity contribution in [3.63, 3.8) is 0 Å². The molecular formula is C29H35N5O3. The summed E-state index contributed by atoms with van der Waals surface area (Å²) >= 11 is 0. The number of para-hydroxylation sites is 1. The van der Waals surface area contributed by atoms with Gasteiger partial charge in [-0.1, -0.05) is 25.1 Å². The van der Waals surface area contributed by atoms with E-state index in [1.807, 2.05) is 53.7 Å². The summed E-state index contributed by atoms with van der Waals surface area (Å²) in [4.78, 5) is 23.9. The number of hydrogen-bond acceptors (Lipinski definition) is 6. The van der Waals surface area contributed by atoms with E-state index in [2.05, 4.69) is 27.5 Å². The van der Waals surface area contributed by atoms with Gasteiger partial charge in [-0.25, -0.2) is 9.97 Å². The van der Waals surface area contributed by atoms with Gasteiger partial charge in [0, 0.05) is 30.6 Å². The van der Waals surface area contributed by atoms with Gasteiger partial charge in [0.2, 0.25) is 0 Å². The van der Waals surface area contributed by atoms with Crippen LogP contribution in [0.15, 0.2) is 54.9 Å². The van der Waals surface area contributed by atoms with Gasteiger partial charge in [-0.05, 0) is 61.9 Å². The number of hydrogen-bond donors (Lipinski definition) is 1. The summed E-state index contributed by atoms with van der Waals surface area (Å²) < 4.78 is 13.6. The number of imidazole rings is 1. The number of methoxy groups -OCH3 is 1. The molecule has 3 heterocycles. The van der Waals surface area contributed by atoms with Crippen LogP contribution in [0.5, 0.6) is 5.75 Å². The molecular weight excluding hydrogens is 466 g/mol. The van der Waals surface area contributed by atoms with Crippen LogP contribution in [-0.2, 0) is 4.74 Å². The number of benzene rings is 2. The van der Waals surface area contributed by atoms with Crippen molar-refractivity contribution in [2.75, 3.05) is 39.1 Å². The van der Waals surface area contributed by atoms with Crippen molar-refractivity contribution in [1.82, 2.24) is 19.4 Å². The molecule has 1 atom stereocenters. The zero-order chi connectivity index (χ0) is 25.8. The highest BCUT2D eigenvalue weighted by molar-refractivity contribution is 6.06. The summed E-state index contributed by atoms with van der Waals surface area (Å²) in [5.74, 6) is 1.89. The fourth-order valence-corrected chi connectivity index (χ4v) is 5.25. The zero-order valence-electron chi connectivity index (χ0n) is 21.6. The lowest BCUT2D eigenvalue weighted by Crippen LogP contribution is -2.38. The van der Waals surface area contributed by atoms with Crippen LogP contribution in [0.2, 0.25) is 0 Å². The van der Waals surface area contributed by atoms with Gasteiger partial charge in [-0.3, -0.25) is 4.79 Å². The molecule has 37 heavy (non-hydrogen) atoms. The van der Waals surface area contributed by atoms with Crippen LogP contribution in [0.3, 0.4) is 0 Å². The van der Waals surface area contributed by atoms with Crippen LogP contribution in [0.1, 0.15) is 49.0 Å². The molecule has 194 valence electrons. The number of likely N-dealkylation sites (tertiary alicyclic amines) is 1. The number of piperidine rings is 1. The summed E-state index contributed by atoms with van der Waals surface area (Å²) in [6.45, 7) is 5.08. The number of amides is 1. The Morgan fingerprint density at radius 3 is 2.62 bits per heavy atom. The summed E-state index contributed by atoms with van der Waals surface area (Å²) in [5.41, 5.74) is 9.56. The Morgan fingerprint density at radius 1 is 1.14 bits per heavy atom. The Morgan fingerprint density at radius 2 is 1.89 bits per heavy atom. The highest BCUT2D eigenvalue weighted by Gasteiger charge is 2.24. The van der Waals surface area contributed by atoms with Crippen molar-refractivity contribution in [2.45, 2.75) is 38.6 Å². The first kappa shape index (κ1) is 25.0. The molecule has 0 bridgehead atoms. The number of nitrogen functional groups attached to an aromatic ring is 1. The molecule has 0 spiro atoms. The second-order valence-electron chi connectivity index (χ2n) is 9.75. The largest absolute Gasteiger partial charge is 0.497 e. The predicted octanol–water partition coefficient (Wildman–Crippen LogP) is 5.09. The van der Waals surface area contributed by atoms with Crippen molar-refractivity contribution in [3.05, 3.63) is 60.4 Å². The number of carbonyl (C=O) groups is 1. The minimum absolute atomic E-state index is 0.0964. The third-order valence-electron chi connectivity index (χ3n) is 7.52. The van der Waals surface area contributed by atoms with Crippen molar-refractivity contribution in [2.24, 2.45) is 5.92 Å². The normalized spacial score (nSPS) is 15.4. The van der Waals surface area contributed by atoms with Gasteiger partial charge in [0.25, 0.3) is 5.91 Å². The Bertz CT molecular complexity index is 1360. The molecule has 1 unspecified atom stereocenters. The summed E-state index contributed by atoms with van der Waals surface area (Å²) in [7, 11) is 1.63. The molecule has 8 nitrogen and oxygen atoms in total. The third-order valence-corrected chi connectivity index (χ3v) is 7.52. The molecule has 0 saturated carbocycles. The first-order valence-corrected chi connectivity index (χ1v) is 13.1. The van der Waals surface area contributed by atoms with E-state index in [0.29, 0.717) is 30.5 Å². The highest BCUT2D eigenvalue weighted by atomic mass is 16.5. The van der Waals surface area contributed by atoms with Crippen molar-refractivity contribution in [1.29, 1.82) is 0 Å². The average molecular weight is 502 g/mol. The van der Waals surface area contributed by atoms with Crippen LogP contribution in [0.25, 0.3) is 21.9 Å². The Kier molecular flexibility index (Phi) is 7.55. The van der Waals surface area contributed by atoms with E-state index in [4.69, 9.17) is 15.2 Å². The lowest BCUT2D eigenvalue weighted by Gasteiger charge is -2.32. The van der Waals surface area contributed by atoms with Gasteiger partial charge >= 0.3 is 0 Å². The fraction of sp³-hybridized carbons (Fsp3) is 0.414. The van der Waals surface area contributed by atoms with E-state index in [-0.39, 0.29) is 11.9 Å². The van der Waals surface area contributed by atoms with Crippen molar-refractivity contribution in [3.8, 4) is 5.75 Å². The van der Waals surface area contributed by atoms with E-state index in [9.17, 15) is 4.79 Å². The molecule has 5 rings (SSSR count). The van der Waals surface area contributed by atoms with Crippen LogP contribution >= 0.6 is 0 Å². The van der Waals surface area contributed by atoms with Crippen LogP contribution in [0.4, 0.5) is 5.82 Å². The predicted molar refractivity (Wildman–Crippen MR) is 146 cm³/mol. The van der Waals surface area contributed by atoms with Gasteiger partial charge in [-0.2, -0.15) is 0 Å².